The van der Waals surface area contributed by atoms with Gasteiger partial charge in [-0.2, -0.15) is 0 Å². The summed E-state index contributed by atoms with van der Waals surface area (Å²) in [7, 11) is 0. The molecule has 0 spiro atoms. The van der Waals surface area contributed by atoms with E-state index in [4.69, 9.17) is 11.6 Å². The van der Waals surface area contributed by atoms with Crippen LogP contribution in [0.2, 0.25) is 5.15 Å². The van der Waals surface area contributed by atoms with Crippen LogP contribution in [0.5, 0.6) is 0 Å². The number of pyridine rings is 1. The number of fused-ring (bicyclic) bond motifs is 1. The summed E-state index contributed by atoms with van der Waals surface area (Å²) >= 11 is 9.15. The predicted octanol–water partition coefficient (Wildman–Crippen LogP) is 3.02. The number of halogens is 2. The van der Waals surface area contributed by atoms with E-state index in [0.717, 1.165) is 30.4 Å². The molecule has 0 N–H and O–H groups in total. The Balaban J connectivity index is 2.50. The molecule has 0 amide bonds. The predicted molar refractivity (Wildman–Crippen MR) is 59.2 cm³/mol. The summed E-state index contributed by atoms with van der Waals surface area (Å²) in [6, 6.07) is 1.67. The lowest BCUT2D eigenvalue weighted by Gasteiger charge is -2.05. The van der Waals surface area contributed by atoms with E-state index in [9.17, 15) is 4.79 Å². The third-order valence-electron chi connectivity index (χ3n) is 2.41. The number of Topliss-reactive ketones (excluding diaryl/α,β-unsaturated/α-hetero) is 1. The minimum absolute atomic E-state index is 0.0674. The summed E-state index contributed by atoms with van der Waals surface area (Å²) in [5, 5.41) is 0.388. The summed E-state index contributed by atoms with van der Waals surface area (Å²) in [5.41, 5.74) is 1.74. The molecular weight excluding hydrogens is 265 g/mol. The first-order chi connectivity index (χ1) is 6.68. The molecule has 1 aromatic heterocycles. The van der Waals surface area contributed by atoms with Gasteiger partial charge in [-0.3, -0.25) is 4.79 Å². The van der Waals surface area contributed by atoms with Crippen molar-refractivity contribution in [1.29, 1.82) is 0 Å². The van der Waals surface area contributed by atoms with Crippen molar-refractivity contribution in [3.8, 4) is 0 Å². The lowest BCUT2D eigenvalue weighted by atomic mass is 10.1. The Labute approximate surface area is 95.8 Å². The van der Waals surface area contributed by atoms with Crippen LogP contribution in [-0.4, -0.2) is 15.6 Å². The molecule has 1 aromatic rings. The molecule has 1 atom stereocenters. The molecule has 0 radical (unpaired) electrons. The lowest BCUT2D eigenvalue weighted by Crippen LogP contribution is -2.13. The minimum Gasteiger partial charge on any atom is -0.293 e. The molecule has 74 valence electrons. The Morgan fingerprint density at radius 1 is 1.57 bits per heavy atom. The maximum absolute atomic E-state index is 11.9. The lowest BCUT2D eigenvalue weighted by molar-refractivity contribution is 0.0990. The molecule has 4 heteroatoms. The molecule has 2 rings (SSSR count). The smallest absolute Gasteiger partial charge is 0.176 e. The van der Waals surface area contributed by atoms with Gasteiger partial charge in [0.2, 0.25) is 0 Å². The average Bonchev–Trinajstić information content (AvgIpc) is 2.30. The molecule has 1 unspecified atom stereocenters. The maximum atomic E-state index is 11.9. The zero-order valence-electron chi connectivity index (χ0n) is 7.46. The Bertz CT molecular complexity index is 380. The number of rotatable bonds is 0. The summed E-state index contributed by atoms with van der Waals surface area (Å²) in [4.78, 5) is 15.8. The number of alkyl halides is 1. The van der Waals surface area contributed by atoms with E-state index in [2.05, 4.69) is 20.9 Å². The van der Waals surface area contributed by atoms with Gasteiger partial charge in [0.05, 0.1) is 4.83 Å². The molecule has 1 aliphatic rings. The van der Waals surface area contributed by atoms with Crippen molar-refractivity contribution in [2.75, 3.05) is 0 Å². The highest BCUT2D eigenvalue weighted by Crippen LogP contribution is 2.25. The van der Waals surface area contributed by atoms with E-state index in [-0.39, 0.29) is 10.6 Å². The summed E-state index contributed by atoms with van der Waals surface area (Å²) in [5.74, 6) is 0.127. The van der Waals surface area contributed by atoms with Crippen molar-refractivity contribution < 1.29 is 4.79 Å². The van der Waals surface area contributed by atoms with Crippen molar-refractivity contribution in [3.05, 3.63) is 28.5 Å². The average molecular weight is 275 g/mol. The van der Waals surface area contributed by atoms with Crippen molar-refractivity contribution in [2.45, 2.75) is 24.1 Å². The second-order valence-corrected chi connectivity index (χ2v) is 4.88. The molecule has 2 nitrogen and oxygen atoms in total. The van der Waals surface area contributed by atoms with Gasteiger partial charge in [0.15, 0.2) is 5.78 Å². The van der Waals surface area contributed by atoms with Gasteiger partial charge in [-0.1, -0.05) is 27.5 Å². The van der Waals surface area contributed by atoms with Crippen molar-refractivity contribution in [2.24, 2.45) is 0 Å². The van der Waals surface area contributed by atoms with E-state index < -0.39 is 0 Å². The topological polar surface area (TPSA) is 30.0 Å². The van der Waals surface area contributed by atoms with E-state index in [1.165, 1.54) is 0 Å². The van der Waals surface area contributed by atoms with Crippen LogP contribution in [0.3, 0.4) is 0 Å². The van der Waals surface area contributed by atoms with Gasteiger partial charge in [-0.25, -0.2) is 4.98 Å². The van der Waals surface area contributed by atoms with Crippen LogP contribution in [0.15, 0.2) is 12.3 Å². The summed E-state index contributed by atoms with van der Waals surface area (Å²) in [6.45, 7) is 0. The second-order valence-electron chi connectivity index (χ2n) is 3.39. The SMILES string of the molecule is O=C1c2cc(Cl)ncc2CCCC1Br. The minimum atomic E-state index is -0.0674. The van der Waals surface area contributed by atoms with Gasteiger partial charge in [0.25, 0.3) is 0 Å². The number of nitrogens with zero attached hydrogens (tertiary/aromatic N) is 1. The van der Waals surface area contributed by atoms with Crippen LogP contribution in [0.25, 0.3) is 0 Å². The standard InChI is InChI=1S/C10H9BrClNO/c11-8-3-1-2-6-5-13-9(12)4-7(6)10(8)14/h4-5,8H,1-3H2. The number of aryl methyl sites for hydroxylation is 1. The van der Waals surface area contributed by atoms with Gasteiger partial charge in [0.1, 0.15) is 5.15 Å². The molecule has 0 aromatic carbocycles. The zero-order valence-corrected chi connectivity index (χ0v) is 9.81. The van der Waals surface area contributed by atoms with Crippen LogP contribution in [0, 0.1) is 0 Å². The largest absolute Gasteiger partial charge is 0.293 e. The fourth-order valence-electron chi connectivity index (χ4n) is 1.66. The van der Waals surface area contributed by atoms with E-state index in [1.807, 2.05) is 0 Å². The Morgan fingerprint density at radius 2 is 2.36 bits per heavy atom. The fourth-order valence-corrected chi connectivity index (χ4v) is 2.39. The van der Waals surface area contributed by atoms with Crippen LogP contribution in [-0.2, 0) is 6.42 Å². The maximum Gasteiger partial charge on any atom is 0.176 e. The van der Waals surface area contributed by atoms with Gasteiger partial charge >= 0.3 is 0 Å². The number of aromatic nitrogens is 1. The van der Waals surface area contributed by atoms with E-state index in [0.29, 0.717) is 5.15 Å². The second kappa shape index (κ2) is 3.99. The summed E-state index contributed by atoms with van der Waals surface area (Å²) < 4.78 is 0. The molecule has 0 saturated heterocycles. The third-order valence-corrected chi connectivity index (χ3v) is 3.49. The molecular formula is C10H9BrClNO. The number of carbonyl (C=O) groups is 1. The fraction of sp³-hybridized carbons (Fsp3) is 0.400. The van der Waals surface area contributed by atoms with Crippen LogP contribution >= 0.6 is 27.5 Å². The molecule has 0 bridgehead atoms. The van der Waals surface area contributed by atoms with Crippen molar-refractivity contribution >= 4 is 33.3 Å². The molecule has 0 aliphatic heterocycles. The van der Waals surface area contributed by atoms with Gasteiger partial charge in [-0.15, -0.1) is 0 Å². The molecule has 1 aliphatic carbocycles. The van der Waals surface area contributed by atoms with Crippen LogP contribution < -0.4 is 0 Å². The first-order valence-electron chi connectivity index (χ1n) is 4.51. The van der Waals surface area contributed by atoms with Gasteiger partial charge in [0, 0.05) is 11.8 Å². The number of ketones is 1. The molecule has 0 fully saturated rings. The molecule has 0 saturated carbocycles. The highest BCUT2D eigenvalue weighted by Gasteiger charge is 2.23. The van der Waals surface area contributed by atoms with Gasteiger partial charge in [-0.05, 0) is 30.9 Å². The Hall–Kier alpha value is -0.410. The number of hydrogen-bond acceptors (Lipinski definition) is 2. The van der Waals surface area contributed by atoms with Gasteiger partial charge < -0.3 is 0 Å². The molecule has 1 heterocycles. The number of hydrogen-bond donors (Lipinski definition) is 0. The quantitative estimate of drug-likeness (QED) is 0.413. The first kappa shape index (κ1) is 10.1. The Morgan fingerprint density at radius 3 is 3.14 bits per heavy atom. The van der Waals surface area contributed by atoms with E-state index in [1.54, 1.807) is 12.3 Å². The number of carbonyl (C=O) groups excluding carboxylic acids is 1. The normalized spacial score (nSPS) is 21.6. The highest BCUT2D eigenvalue weighted by atomic mass is 79.9. The highest BCUT2D eigenvalue weighted by molar-refractivity contribution is 9.10. The zero-order chi connectivity index (χ0) is 10.1. The van der Waals surface area contributed by atoms with Crippen LogP contribution in [0.4, 0.5) is 0 Å². The van der Waals surface area contributed by atoms with E-state index >= 15 is 0 Å². The van der Waals surface area contributed by atoms with Crippen molar-refractivity contribution in [3.63, 3.8) is 0 Å². The van der Waals surface area contributed by atoms with Crippen LogP contribution in [0.1, 0.15) is 28.8 Å². The first-order valence-corrected chi connectivity index (χ1v) is 5.80. The third kappa shape index (κ3) is 1.84. The van der Waals surface area contributed by atoms with Crippen molar-refractivity contribution in [1.82, 2.24) is 4.98 Å². The summed E-state index contributed by atoms with van der Waals surface area (Å²) in [6.07, 6.45) is 4.51. The monoisotopic (exact) mass is 273 g/mol. The Kier molecular flexibility index (Phi) is 2.88. The molecule has 14 heavy (non-hydrogen) atoms.